The molecule has 5 heterocycles. The van der Waals surface area contributed by atoms with Crippen molar-refractivity contribution in [2.24, 2.45) is 0 Å². The second-order valence-corrected chi connectivity index (χ2v) is 43.2. The molecule has 0 radical (unpaired) electrons. The minimum atomic E-state index is -1.19. The van der Waals surface area contributed by atoms with Crippen molar-refractivity contribution in [1.29, 1.82) is 0 Å². The molecule has 1 spiro atoms. The molecule has 12 aromatic carbocycles. The van der Waals surface area contributed by atoms with Crippen LogP contribution in [0.3, 0.4) is 0 Å². The number of para-hydroxylation sites is 2. The predicted molar refractivity (Wildman–Crippen MR) is 561 cm³/mol. The van der Waals surface area contributed by atoms with E-state index >= 15 is 0 Å². The van der Waals surface area contributed by atoms with Crippen molar-refractivity contribution in [1.82, 2.24) is 0 Å². The average molecular weight is 2120 g/mol. The Hall–Kier alpha value is -8.14. The van der Waals surface area contributed by atoms with Crippen LogP contribution in [0.5, 0.6) is 11.5 Å². The summed E-state index contributed by atoms with van der Waals surface area (Å²) < 4.78 is 18.6. The van der Waals surface area contributed by atoms with Crippen LogP contribution in [0.2, 0.25) is 0 Å². The van der Waals surface area contributed by atoms with Gasteiger partial charge >= 0.3 is 7.12 Å². The van der Waals surface area contributed by atoms with Crippen molar-refractivity contribution in [2.75, 3.05) is 0 Å². The number of rotatable bonds is 5. The molecular formula is C110H103BBr6O5S4. The van der Waals surface area contributed by atoms with E-state index < -0.39 is 5.60 Å². The van der Waals surface area contributed by atoms with Crippen molar-refractivity contribution in [3.63, 3.8) is 0 Å². The van der Waals surface area contributed by atoms with Crippen LogP contribution in [-0.4, -0.2) is 33.6 Å². The highest BCUT2D eigenvalue weighted by Gasteiger charge is 2.54. The van der Waals surface area contributed by atoms with Crippen LogP contribution in [0, 0.1) is 96.9 Å². The Morgan fingerprint density at radius 1 is 0.278 bits per heavy atom. The zero-order valence-corrected chi connectivity index (χ0v) is 87.0. The highest BCUT2D eigenvalue weighted by Crippen LogP contribution is 2.65. The van der Waals surface area contributed by atoms with Crippen LogP contribution in [0.1, 0.15) is 143 Å². The Kier molecular flexibility index (Phi) is 30.7. The third-order valence-electron chi connectivity index (χ3n) is 24.9. The fourth-order valence-electron chi connectivity index (χ4n) is 15.8. The summed E-state index contributed by atoms with van der Waals surface area (Å²) in [5.74, 6) is -0.153. The maximum atomic E-state index is 12.3. The van der Waals surface area contributed by atoms with Gasteiger partial charge in [-0.3, -0.25) is 0 Å². The summed E-state index contributed by atoms with van der Waals surface area (Å²) in [5.41, 5.74) is 38.9. The average Bonchev–Trinajstić information content (AvgIpc) is 1.50. The molecule has 0 bridgehead atoms. The lowest BCUT2D eigenvalue weighted by Gasteiger charge is -2.32. The highest BCUT2D eigenvalue weighted by atomic mass is 79.9. The van der Waals surface area contributed by atoms with Gasteiger partial charge in [0.05, 0.1) is 25.3 Å². The number of fused-ring (bicyclic) bond motifs is 13. The standard InChI is InChI=1S/C25H18Br2OS.C25H16Br2S.C14H21BO2.C12H11BrS.C12H12S.C8H9Br.C8H10.C6H6O2/c1-14-3-4-16(11-15(14)2)19-9-10-29-24(19)25(28)22-12-17(26)5-7-20(22)21-8-6-18(27)13-23(21)25;1-13-9-20-19-7-8-28-24(19)25(21(20)10-14(13)2)22-11-15(26)3-5-17(22)18-6-4-16(27)12-23(18)25;1-10-7-8-12(9-11(10)2)15-16-13(3,4)14(5,6)17-15;1-8-3-4-10(7-9(8)2)11-5-6-14-12(11)13;1-9-3-4-11(7-10(9)2)12-5-6-13-8-12;1-6-3-4-8(9)5-7(6)2;1-7-5-3-4-6-8(7)2;7-5-3-1-2-4-6(5)8/h3-13,28H,1-2H3;3-12H,1-2H3;7-9H,1-6H3;3-7H,1-2H3;3-8H,1-2H3;3-5H,1-2H3;3-6H,1-2H3;1-4,7-8H. The molecule has 5 nitrogen and oxygen atoms in total. The van der Waals surface area contributed by atoms with Crippen molar-refractivity contribution in [3.8, 4) is 78.3 Å². The summed E-state index contributed by atoms with van der Waals surface area (Å²) in [4.78, 5) is 2.40. The van der Waals surface area contributed by atoms with E-state index in [-0.39, 0.29) is 35.2 Å². The van der Waals surface area contributed by atoms with Gasteiger partial charge in [-0.25, -0.2) is 0 Å². The molecule has 16 aromatic rings. The summed E-state index contributed by atoms with van der Waals surface area (Å²) in [6, 6.07) is 86.3. The third kappa shape index (κ3) is 20.5. The van der Waals surface area contributed by atoms with Gasteiger partial charge in [-0.2, -0.15) is 11.3 Å². The summed E-state index contributed by atoms with van der Waals surface area (Å²) in [6.07, 6.45) is 0. The first kappa shape index (κ1) is 95.4. The lowest BCUT2D eigenvalue weighted by Crippen LogP contribution is -2.41. The monoisotopic (exact) mass is 2120 g/mol. The Labute approximate surface area is 812 Å². The SMILES string of the molecule is Cc1cc2c(cc1C)C1(c3cc(Br)ccc3-c3ccc(Br)cc31)c1sccc1-2.Cc1ccc(-c2ccsc2)cc1C.Cc1ccc(-c2ccsc2Br)cc1C.Cc1ccc(-c2ccsc2C2(O)c3cc(Br)ccc3-c3ccc(Br)cc32)cc1C.Cc1ccc(B2OC(C)(C)C(C)(C)O2)cc1C.Cc1ccc(Br)cc1C.Cc1ccccc1C.Oc1ccccc1O. The van der Waals surface area contributed by atoms with Gasteiger partial charge in [-0.05, 0) is 426 Å². The van der Waals surface area contributed by atoms with Crippen molar-refractivity contribution < 1.29 is 24.6 Å². The number of aliphatic hydroxyl groups is 1. The Balaban J connectivity index is 0.000000129. The molecule has 0 saturated carbocycles. The summed E-state index contributed by atoms with van der Waals surface area (Å²) >= 11 is 28.6. The van der Waals surface area contributed by atoms with E-state index in [1.807, 2.05) is 35.6 Å². The van der Waals surface area contributed by atoms with Crippen molar-refractivity contribution in [2.45, 2.75) is 147 Å². The largest absolute Gasteiger partial charge is 0.504 e. The van der Waals surface area contributed by atoms with E-state index in [0.29, 0.717) is 0 Å². The molecule has 20 rings (SSSR count). The quantitative estimate of drug-likeness (QED) is 0.118. The number of hydrogen-bond donors (Lipinski definition) is 3. The number of phenolic OH excluding ortho intramolecular Hbond substituents is 2. The smallest absolute Gasteiger partial charge is 0.494 e. The zero-order chi connectivity index (χ0) is 90.6. The maximum Gasteiger partial charge on any atom is 0.494 e. The molecule has 4 aliphatic rings. The second kappa shape index (κ2) is 40.5. The lowest BCUT2D eigenvalue weighted by atomic mass is 9.73. The zero-order valence-electron chi connectivity index (χ0n) is 74.2. The molecule has 16 heteroatoms. The molecule has 3 N–H and O–H groups in total. The molecule has 1 saturated heterocycles. The second-order valence-electron chi connectivity index (χ2n) is 33.8. The molecule has 0 unspecified atom stereocenters. The molecule has 642 valence electrons. The van der Waals surface area contributed by atoms with Gasteiger partial charge < -0.3 is 24.6 Å². The van der Waals surface area contributed by atoms with E-state index in [2.05, 4.69) is 447 Å². The normalized spacial score (nSPS) is 13.5. The van der Waals surface area contributed by atoms with E-state index in [4.69, 9.17) is 19.5 Å². The van der Waals surface area contributed by atoms with Gasteiger partial charge in [-0.1, -0.05) is 231 Å². The molecule has 1 aliphatic heterocycles. The van der Waals surface area contributed by atoms with Crippen LogP contribution in [0.15, 0.2) is 302 Å². The fourth-order valence-corrected chi connectivity index (χ4v) is 21.9. The first-order chi connectivity index (χ1) is 59.9. The summed E-state index contributed by atoms with van der Waals surface area (Å²) in [7, 11) is -0.251. The van der Waals surface area contributed by atoms with Crippen molar-refractivity contribution >= 4 is 154 Å². The van der Waals surface area contributed by atoms with Gasteiger partial charge in [0.15, 0.2) is 17.1 Å². The highest BCUT2D eigenvalue weighted by molar-refractivity contribution is 9.11. The number of benzene rings is 12. The predicted octanol–water partition coefficient (Wildman–Crippen LogP) is 34.0. The molecule has 4 aromatic heterocycles. The third-order valence-corrected chi connectivity index (χ3v) is 31.8. The Morgan fingerprint density at radius 2 is 0.635 bits per heavy atom. The molecule has 126 heavy (non-hydrogen) atoms. The molecule has 1 fully saturated rings. The van der Waals surface area contributed by atoms with Gasteiger partial charge in [-0.15, -0.1) is 34.0 Å². The maximum absolute atomic E-state index is 12.3. The summed E-state index contributed by atoms with van der Waals surface area (Å²) in [5, 5.41) is 40.4. The number of aryl methyl sites for hydroxylation is 14. The van der Waals surface area contributed by atoms with Gasteiger partial charge in [0.2, 0.25) is 0 Å². The van der Waals surface area contributed by atoms with Crippen LogP contribution in [0.25, 0.3) is 66.8 Å². The van der Waals surface area contributed by atoms with Crippen LogP contribution in [0.4, 0.5) is 0 Å². The number of phenols is 2. The first-order valence-corrected chi connectivity index (χ1v) is 50.1. The topological polar surface area (TPSA) is 79.2 Å². The number of thiophene rings is 4. The number of hydrogen-bond acceptors (Lipinski definition) is 9. The van der Waals surface area contributed by atoms with Gasteiger partial charge in [0, 0.05) is 43.9 Å². The van der Waals surface area contributed by atoms with Crippen molar-refractivity contribution in [3.05, 3.63) is 417 Å². The van der Waals surface area contributed by atoms with E-state index in [1.165, 1.54) is 160 Å². The molecule has 0 amide bonds. The van der Waals surface area contributed by atoms with Crippen LogP contribution >= 0.6 is 141 Å². The molecule has 3 aliphatic carbocycles. The first-order valence-electron chi connectivity index (χ1n) is 41.7. The minimum absolute atomic E-state index is 0.0764. The van der Waals surface area contributed by atoms with E-state index in [9.17, 15) is 5.11 Å². The van der Waals surface area contributed by atoms with Gasteiger partial charge in [0.25, 0.3) is 0 Å². The van der Waals surface area contributed by atoms with E-state index in [1.54, 1.807) is 46.1 Å². The number of halogens is 6. The Bertz CT molecular complexity index is 6450. The Morgan fingerprint density at radius 3 is 1.07 bits per heavy atom. The lowest BCUT2D eigenvalue weighted by molar-refractivity contribution is 0.00578. The molecule has 0 atom stereocenters. The van der Waals surface area contributed by atoms with Gasteiger partial charge in [0.1, 0.15) is 0 Å². The number of aromatic hydroxyl groups is 2. The summed E-state index contributed by atoms with van der Waals surface area (Å²) in [6.45, 7) is 38.3. The fraction of sp³-hybridized carbons (Fsp3) is 0.200. The van der Waals surface area contributed by atoms with Crippen LogP contribution < -0.4 is 5.46 Å². The van der Waals surface area contributed by atoms with E-state index in [0.717, 1.165) is 66.1 Å². The molecular weight excluding hydrogens is 2020 g/mol. The van der Waals surface area contributed by atoms with Crippen LogP contribution in [-0.2, 0) is 20.3 Å². The minimum Gasteiger partial charge on any atom is -0.504 e.